The topological polar surface area (TPSA) is 72.9 Å². The maximum Gasteiger partial charge on any atom is 0.230 e. The average Bonchev–Trinajstić information content (AvgIpc) is 2.92. The van der Waals surface area contributed by atoms with Gasteiger partial charge in [0, 0.05) is 23.5 Å². The second-order valence-corrected chi connectivity index (χ2v) is 5.24. The standard InChI is InChI=1S/C14H16N4O/c1-14(5-6-14)13(19)17-11-9-10(15)3-4-12(11)18-8-2-7-16-18/h2-4,7-9H,5-6,15H2,1H3,(H,17,19). The minimum atomic E-state index is -0.216. The first kappa shape index (κ1) is 11.8. The number of aromatic nitrogens is 2. The van der Waals surface area contributed by atoms with Gasteiger partial charge in [0.25, 0.3) is 0 Å². The van der Waals surface area contributed by atoms with Crippen molar-refractivity contribution in [3.63, 3.8) is 0 Å². The molecule has 1 amide bonds. The van der Waals surface area contributed by atoms with E-state index in [4.69, 9.17) is 5.73 Å². The Labute approximate surface area is 111 Å². The molecular weight excluding hydrogens is 240 g/mol. The average molecular weight is 256 g/mol. The van der Waals surface area contributed by atoms with Crippen LogP contribution in [0.25, 0.3) is 5.69 Å². The van der Waals surface area contributed by atoms with Crippen LogP contribution in [-0.4, -0.2) is 15.7 Å². The molecule has 0 radical (unpaired) electrons. The van der Waals surface area contributed by atoms with E-state index in [1.165, 1.54) is 0 Å². The third-order valence-electron chi connectivity index (χ3n) is 3.57. The molecule has 1 aliphatic carbocycles. The van der Waals surface area contributed by atoms with E-state index in [-0.39, 0.29) is 11.3 Å². The number of nitrogens with one attached hydrogen (secondary N) is 1. The summed E-state index contributed by atoms with van der Waals surface area (Å²) in [7, 11) is 0. The van der Waals surface area contributed by atoms with Gasteiger partial charge in [-0.25, -0.2) is 4.68 Å². The molecule has 1 aromatic heterocycles. The Morgan fingerprint density at radius 1 is 1.47 bits per heavy atom. The Balaban J connectivity index is 1.95. The number of nitrogens with two attached hydrogens (primary N) is 1. The first-order valence-electron chi connectivity index (χ1n) is 6.29. The molecule has 1 aromatic carbocycles. The molecule has 1 heterocycles. The van der Waals surface area contributed by atoms with Crippen molar-refractivity contribution < 1.29 is 4.79 Å². The van der Waals surface area contributed by atoms with E-state index in [0.29, 0.717) is 11.4 Å². The highest BCUT2D eigenvalue weighted by molar-refractivity contribution is 5.98. The highest BCUT2D eigenvalue weighted by atomic mass is 16.2. The third-order valence-corrected chi connectivity index (χ3v) is 3.57. The summed E-state index contributed by atoms with van der Waals surface area (Å²) in [6.07, 6.45) is 5.42. The molecule has 19 heavy (non-hydrogen) atoms. The minimum absolute atomic E-state index is 0.0477. The van der Waals surface area contributed by atoms with Crippen molar-refractivity contribution in [1.29, 1.82) is 0 Å². The number of anilines is 2. The van der Waals surface area contributed by atoms with Crippen LogP contribution in [0, 0.1) is 5.41 Å². The Morgan fingerprint density at radius 2 is 2.26 bits per heavy atom. The van der Waals surface area contributed by atoms with E-state index in [0.717, 1.165) is 18.5 Å². The van der Waals surface area contributed by atoms with Gasteiger partial charge in [-0.05, 0) is 37.1 Å². The number of benzene rings is 1. The van der Waals surface area contributed by atoms with Gasteiger partial charge in [0.2, 0.25) is 5.91 Å². The van der Waals surface area contributed by atoms with Crippen LogP contribution < -0.4 is 11.1 Å². The van der Waals surface area contributed by atoms with Crippen LogP contribution in [0.2, 0.25) is 0 Å². The highest BCUT2D eigenvalue weighted by Gasteiger charge is 2.45. The number of carbonyl (C=O) groups excluding carboxylic acids is 1. The minimum Gasteiger partial charge on any atom is -0.399 e. The van der Waals surface area contributed by atoms with E-state index in [1.54, 1.807) is 23.0 Å². The van der Waals surface area contributed by atoms with Gasteiger partial charge < -0.3 is 11.1 Å². The normalized spacial score (nSPS) is 16.1. The maximum atomic E-state index is 12.1. The van der Waals surface area contributed by atoms with Gasteiger partial charge in [-0.2, -0.15) is 5.10 Å². The van der Waals surface area contributed by atoms with Gasteiger partial charge in [0.05, 0.1) is 11.4 Å². The molecule has 1 saturated carbocycles. The first-order valence-corrected chi connectivity index (χ1v) is 6.29. The smallest absolute Gasteiger partial charge is 0.230 e. The van der Waals surface area contributed by atoms with Crippen LogP contribution in [0.5, 0.6) is 0 Å². The predicted octanol–water partition coefficient (Wildman–Crippen LogP) is 2.19. The van der Waals surface area contributed by atoms with Crippen molar-refractivity contribution >= 4 is 17.3 Å². The summed E-state index contributed by atoms with van der Waals surface area (Å²) in [4.78, 5) is 12.1. The maximum absolute atomic E-state index is 12.1. The number of rotatable bonds is 3. The number of carbonyl (C=O) groups is 1. The Hall–Kier alpha value is -2.30. The number of amides is 1. The molecule has 0 unspecified atom stereocenters. The lowest BCUT2D eigenvalue weighted by molar-refractivity contribution is -0.120. The fourth-order valence-corrected chi connectivity index (χ4v) is 1.95. The number of nitrogens with zero attached hydrogens (tertiary/aromatic N) is 2. The zero-order valence-electron chi connectivity index (χ0n) is 10.8. The molecule has 5 nitrogen and oxygen atoms in total. The third kappa shape index (κ3) is 2.19. The Kier molecular flexibility index (Phi) is 2.55. The summed E-state index contributed by atoms with van der Waals surface area (Å²) in [6, 6.07) is 7.25. The molecule has 98 valence electrons. The lowest BCUT2D eigenvalue weighted by atomic mass is 10.1. The van der Waals surface area contributed by atoms with Crippen molar-refractivity contribution in [2.24, 2.45) is 5.41 Å². The van der Waals surface area contributed by atoms with Crippen molar-refractivity contribution in [2.45, 2.75) is 19.8 Å². The summed E-state index contributed by atoms with van der Waals surface area (Å²) in [5.41, 5.74) is 7.71. The fraction of sp³-hybridized carbons (Fsp3) is 0.286. The summed E-state index contributed by atoms with van der Waals surface area (Å²) >= 11 is 0. The second-order valence-electron chi connectivity index (χ2n) is 5.24. The van der Waals surface area contributed by atoms with Crippen molar-refractivity contribution in [3.05, 3.63) is 36.7 Å². The molecule has 3 rings (SSSR count). The van der Waals surface area contributed by atoms with Crippen molar-refractivity contribution in [2.75, 3.05) is 11.1 Å². The SMILES string of the molecule is CC1(C(=O)Nc2cc(N)ccc2-n2cccn2)CC1. The molecule has 0 bridgehead atoms. The second kappa shape index (κ2) is 4.12. The molecule has 0 atom stereocenters. The molecule has 0 spiro atoms. The molecule has 2 aromatic rings. The van der Waals surface area contributed by atoms with Crippen LogP contribution >= 0.6 is 0 Å². The van der Waals surface area contributed by atoms with Crippen molar-refractivity contribution in [1.82, 2.24) is 9.78 Å². The summed E-state index contributed by atoms with van der Waals surface area (Å²) in [5.74, 6) is 0.0477. The highest BCUT2D eigenvalue weighted by Crippen LogP contribution is 2.46. The first-order chi connectivity index (χ1) is 9.08. The molecule has 3 N–H and O–H groups in total. The summed E-state index contributed by atoms with van der Waals surface area (Å²) in [5, 5.41) is 7.15. The van der Waals surface area contributed by atoms with E-state index < -0.39 is 0 Å². The van der Waals surface area contributed by atoms with Gasteiger partial charge in [-0.1, -0.05) is 6.92 Å². The van der Waals surface area contributed by atoms with Gasteiger partial charge >= 0.3 is 0 Å². The Morgan fingerprint density at radius 3 is 2.89 bits per heavy atom. The monoisotopic (exact) mass is 256 g/mol. The quantitative estimate of drug-likeness (QED) is 0.827. The fourth-order valence-electron chi connectivity index (χ4n) is 1.95. The van der Waals surface area contributed by atoms with Crippen molar-refractivity contribution in [3.8, 4) is 5.69 Å². The number of nitrogen functional groups attached to an aromatic ring is 1. The van der Waals surface area contributed by atoms with E-state index in [2.05, 4.69) is 10.4 Å². The van der Waals surface area contributed by atoms with Gasteiger partial charge in [-0.3, -0.25) is 4.79 Å². The molecule has 1 aliphatic rings. The van der Waals surface area contributed by atoms with Gasteiger partial charge in [0.1, 0.15) is 0 Å². The van der Waals surface area contributed by atoms with Crippen LogP contribution in [0.3, 0.4) is 0 Å². The van der Waals surface area contributed by atoms with Crippen LogP contribution in [0.4, 0.5) is 11.4 Å². The summed E-state index contributed by atoms with van der Waals surface area (Å²) in [6.45, 7) is 1.97. The molecule has 0 saturated heterocycles. The number of hydrogen-bond acceptors (Lipinski definition) is 3. The zero-order chi connectivity index (χ0) is 13.5. The number of hydrogen-bond donors (Lipinski definition) is 2. The van der Waals surface area contributed by atoms with E-state index in [1.807, 2.05) is 25.3 Å². The van der Waals surface area contributed by atoms with Crippen LogP contribution in [0.15, 0.2) is 36.7 Å². The van der Waals surface area contributed by atoms with Gasteiger partial charge in [0.15, 0.2) is 0 Å². The lowest BCUT2D eigenvalue weighted by Gasteiger charge is -2.14. The van der Waals surface area contributed by atoms with E-state index in [9.17, 15) is 4.79 Å². The Bertz CT molecular complexity index is 614. The van der Waals surface area contributed by atoms with Crippen LogP contribution in [-0.2, 0) is 4.79 Å². The molecule has 1 fully saturated rings. The van der Waals surface area contributed by atoms with E-state index >= 15 is 0 Å². The predicted molar refractivity (Wildman–Crippen MR) is 73.9 cm³/mol. The molecule has 0 aliphatic heterocycles. The largest absolute Gasteiger partial charge is 0.399 e. The van der Waals surface area contributed by atoms with Gasteiger partial charge in [-0.15, -0.1) is 0 Å². The summed E-state index contributed by atoms with van der Waals surface area (Å²) < 4.78 is 1.71. The zero-order valence-corrected chi connectivity index (χ0v) is 10.8. The molecular formula is C14H16N4O. The lowest BCUT2D eigenvalue weighted by Crippen LogP contribution is -2.22. The van der Waals surface area contributed by atoms with Crippen LogP contribution in [0.1, 0.15) is 19.8 Å². The molecule has 5 heteroatoms.